The van der Waals surface area contributed by atoms with Crippen LogP contribution in [0.4, 0.5) is 0 Å². The molecule has 0 radical (unpaired) electrons. The Bertz CT molecular complexity index is 1450. The van der Waals surface area contributed by atoms with Crippen molar-refractivity contribution in [2.75, 3.05) is 14.2 Å². The first kappa shape index (κ1) is 36.6. The highest BCUT2D eigenvalue weighted by Gasteiger charge is 2.18. The lowest BCUT2D eigenvalue weighted by atomic mass is 9.95. The van der Waals surface area contributed by atoms with E-state index in [0.29, 0.717) is 12.8 Å². The Morgan fingerprint density at radius 3 is 1.44 bits per heavy atom. The van der Waals surface area contributed by atoms with Crippen LogP contribution in [0.3, 0.4) is 0 Å². The molecule has 3 atom stereocenters. The van der Waals surface area contributed by atoms with Crippen LogP contribution in [0.25, 0.3) is 22.3 Å². The molecule has 0 heterocycles. The van der Waals surface area contributed by atoms with Crippen molar-refractivity contribution in [1.29, 1.82) is 0 Å². The van der Waals surface area contributed by atoms with Crippen molar-refractivity contribution in [2.45, 2.75) is 53.0 Å². The van der Waals surface area contributed by atoms with Crippen LogP contribution in [0.5, 0.6) is 0 Å². The van der Waals surface area contributed by atoms with E-state index in [9.17, 15) is 14.4 Å². The fourth-order valence-electron chi connectivity index (χ4n) is 4.97. The third kappa shape index (κ3) is 12.2. The third-order valence-electron chi connectivity index (χ3n) is 7.42. The quantitative estimate of drug-likeness (QED) is 0.165. The van der Waals surface area contributed by atoms with Crippen molar-refractivity contribution in [2.24, 2.45) is 17.6 Å². The molecule has 0 saturated heterocycles. The van der Waals surface area contributed by atoms with Gasteiger partial charge in [0, 0.05) is 18.9 Å². The topological polar surface area (TPSA) is 95.7 Å². The van der Waals surface area contributed by atoms with Crippen LogP contribution in [0.15, 0.2) is 109 Å². The van der Waals surface area contributed by atoms with Crippen LogP contribution in [0.2, 0.25) is 0 Å². The van der Waals surface area contributed by atoms with E-state index in [0.717, 1.165) is 23.1 Å². The van der Waals surface area contributed by atoms with Crippen molar-refractivity contribution in [1.82, 2.24) is 0 Å². The van der Waals surface area contributed by atoms with Crippen LogP contribution in [-0.2, 0) is 36.7 Å². The zero-order valence-corrected chi connectivity index (χ0v) is 26.1. The molecule has 0 saturated carbocycles. The SMILES string of the molecule is C.COC(=O)[C@H](C)CC(=O)Cc1ccc(-c2ccccc2)cc1.COC(=O)[C@H](C)C[C@H](N)Cc1ccc(-c2ccccc2)cc1. The van der Waals surface area contributed by atoms with E-state index in [-0.39, 0.29) is 49.4 Å². The molecule has 0 amide bonds. The first-order chi connectivity index (χ1) is 21.2. The minimum absolute atomic E-state index is 0. The molecule has 4 aromatic rings. The fraction of sp³-hybridized carbons (Fsp3) is 0.308. The number of ketones is 1. The number of methoxy groups -OCH3 is 2. The summed E-state index contributed by atoms with van der Waals surface area (Å²) in [4.78, 5) is 34.7. The van der Waals surface area contributed by atoms with Gasteiger partial charge in [-0.15, -0.1) is 0 Å². The van der Waals surface area contributed by atoms with Gasteiger partial charge in [-0.2, -0.15) is 0 Å². The van der Waals surface area contributed by atoms with Crippen LogP contribution < -0.4 is 5.73 Å². The van der Waals surface area contributed by atoms with Gasteiger partial charge in [-0.3, -0.25) is 14.4 Å². The van der Waals surface area contributed by atoms with Gasteiger partial charge < -0.3 is 15.2 Å². The normalized spacial score (nSPS) is 12.3. The third-order valence-corrected chi connectivity index (χ3v) is 7.42. The van der Waals surface area contributed by atoms with Crippen molar-refractivity contribution in [3.8, 4) is 22.3 Å². The highest BCUT2D eigenvalue weighted by atomic mass is 16.5. The number of carbonyl (C=O) groups is 3. The molecular formula is C39H47NO5. The highest BCUT2D eigenvalue weighted by molar-refractivity contribution is 5.85. The molecule has 0 fully saturated rings. The highest BCUT2D eigenvalue weighted by Crippen LogP contribution is 2.21. The summed E-state index contributed by atoms with van der Waals surface area (Å²) in [6, 6.07) is 36.7. The monoisotopic (exact) mass is 609 g/mol. The molecule has 238 valence electrons. The lowest BCUT2D eigenvalue weighted by Crippen LogP contribution is -2.28. The van der Waals surface area contributed by atoms with Gasteiger partial charge in [0.15, 0.2) is 0 Å². The van der Waals surface area contributed by atoms with Crippen LogP contribution in [0, 0.1) is 11.8 Å². The average Bonchev–Trinajstić information content (AvgIpc) is 3.05. The van der Waals surface area contributed by atoms with E-state index in [2.05, 4.69) is 53.3 Å². The van der Waals surface area contributed by atoms with E-state index in [1.165, 1.54) is 30.9 Å². The van der Waals surface area contributed by atoms with Crippen LogP contribution in [-0.4, -0.2) is 38.0 Å². The van der Waals surface area contributed by atoms with E-state index in [1.54, 1.807) is 6.92 Å². The molecule has 0 aromatic heterocycles. The Labute approximate surface area is 268 Å². The van der Waals surface area contributed by atoms with Crippen molar-refractivity contribution in [3.63, 3.8) is 0 Å². The lowest BCUT2D eigenvalue weighted by molar-refractivity contribution is -0.146. The van der Waals surface area contributed by atoms with Gasteiger partial charge in [-0.25, -0.2) is 0 Å². The average molecular weight is 610 g/mol. The standard InChI is InChI=1S/C19H23NO2.C19H20O3.CH4/c2*1-14(19(21)22-2)12-18(20)13-15-8-10-17(11-9-15)16-6-4-3-5-7-16;/h3-11,14,18H,12-13,20H2,1-2H3;3-11,14H,12-13H2,1-2H3;1H4/t14-,18+;14-;/m11./s1. The minimum atomic E-state index is -0.388. The Balaban J connectivity index is 0.000000307. The zero-order chi connectivity index (χ0) is 31.9. The Morgan fingerprint density at radius 1 is 0.600 bits per heavy atom. The second kappa shape index (κ2) is 19.0. The Kier molecular flexibility index (Phi) is 15.4. The van der Waals surface area contributed by atoms with Crippen molar-refractivity contribution < 1.29 is 23.9 Å². The number of esters is 2. The maximum absolute atomic E-state index is 12.0. The number of nitrogens with two attached hydrogens (primary N) is 1. The predicted molar refractivity (Wildman–Crippen MR) is 182 cm³/mol. The van der Waals surface area contributed by atoms with E-state index in [4.69, 9.17) is 10.5 Å². The summed E-state index contributed by atoms with van der Waals surface area (Å²) in [5.41, 5.74) is 13.0. The molecule has 4 rings (SSSR count). The van der Waals surface area contributed by atoms with Crippen molar-refractivity contribution >= 4 is 17.7 Å². The Hall–Kier alpha value is -4.55. The molecule has 2 N–H and O–H groups in total. The number of Topliss-reactive ketones (excluding diaryl/α,β-unsaturated/α-hetero) is 1. The van der Waals surface area contributed by atoms with E-state index >= 15 is 0 Å². The van der Waals surface area contributed by atoms with Gasteiger partial charge in [0.05, 0.1) is 26.1 Å². The van der Waals surface area contributed by atoms with Gasteiger partial charge in [-0.05, 0) is 46.2 Å². The molecule has 0 unspecified atom stereocenters. The van der Waals surface area contributed by atoms with E-state index < -0.39 is 0 Å². The molecule has 45 heavy (non-hydrogen) atoms. The molecule has 0 bridgehead atoms. The van der Waals surface area contributed by atoms with Crippen LogP contribution in [0.1, 0.15) is 45.2 Å². The van der Waals surface area contributed by atoms with Crippen molar-refractivity contribution in [3.05, 3.63) is 120 Å². The summed E-state index contributed by atoms with van der Waals surface area (Å²) in [6.45, 7) is 3.56. The second-order valence-corrected chi connectivity index (χ2v) is 11.1. The Morgan fingerprint density at radius 2 is 1.00 bits per heavy atom. The first-order valence-electron chi connectivity index (χ1n) is 14.9. The number of hydrogen-bond acceptors (Lipinski definition) is 6. The first-order valence-corrected chi connectivity index (χ1v) is 14.9. The molecule has 6 nitrogen and oxygen atoms in total. The summed E-state index contributed by atoms with van der Waals surface area (Å²) in [6.07, 6.45) is 1.95. The largest absolute Gasteiger partial charge is 0.469 e. The minimum Gasteiger partial charge on any atom is -0.469 e. The number of hydrogen-bond donors (Lipinski definition) is 1. The molecular weight excluding hydrogens is 562 g/mol. The van der Waals surface area contributed by atoms with Gasteiger partial charge >= 0.3 is 11.9 Å². The molecule has 0 aliphatic rings. The maximum atomic E-state index is 12.0. The number of benzene rings is 4. The summed E-state index contributed by atoms with van der Waals surface area (Å²) >= 11 is 0. The van der Waals surface area contributed by atoms with Gasteiger partial charge in [0.2, 0.25) is 0 Å². The smallest absolute Gasteiger partial charge is 0.308 e. The molecule has 4 aromatic carbocycles. The summed E-state index contributed by atoms with van der Waals surface area (Å²) in [7, 11) is 2.75. The van der Waals surface area contributed by atoms with Crippen LogP contribution >= 0.6 is 0 Å². The fourth-order valence-corrected chi connectivity index (χ4v) is 4.97. The molecule has 0 aliphatic heterocycles. The summed E-state index contributed by atoms with van der Waals surface area (Å²) < 4.78 is 9.37. The summed E-state index contributed by atoms with van der Waals surface area (Å²) in [5, 5.41) is 0. The molecule has 6 heteroatoms. The zero-order valence-electron chi connectivity index (χ0n) is 26.1. The van der Waals surface area contributed by atoms with Gasteiger partial charge in [0.1, 0.15) is 5.78 Å². The predicted octanol–water partition coefficient (Wildman–Crippen LogP) is 7.72. The molecule has 0 aliphatic carbocycles. The number of rotatable bonds is 12. The van der Waals surface area contributed by atoms with Gasteiger partial charge in [-0.1, -0.05) is 130 Å². The second-order valence-electron chi connectivity index (χ2n) is 11.1. The number of ether oxygens (including phenoxy) is 2. The van der Waals surface area contributed by atoms with Gasteiger partial charge in [0.25, 0.3) is 0 Å². The summed E-state index contributed by atoms with van der Waals surface area (Å²) in [5.74, 6) is -1.04. The van der Waals surface area contributed by atoms with E-state index in [1.807, 2.05) is 67.6 Å². The maximum Gasteiger partial charge on any atom is 0.308 e. The molecule has 0 spiro atoms. The number of carbonyl (C=O) groups excluding carboxylic acids is 3. The lowest BCUT2D eigenvalue weighted by Gasteiger charge is -2.16.